The molecular formula is C19H18ClF4N5O2S. The van der Waals surface area contributed by atoms with Crippen LogP contribution in [-0.4, -0.2) is 29.0 Å². The molecule has 0 saturated heterocycles. The third kappa shape index (κ3) is 4.76. The van der Waals surface area contributed by atoms with Crippen molar-refractivity contribution in [1.29, 1.82) is 0 Å². The summed E-state index contributed by atoms with van der Waals surface area (Å²) in [6.07, 6.45) is -4.98. The molecule has 13 heteroatoms. The van der Waals surface area contributed by atoms with Gasteiger partial charge in [-0.25, -0.2) is 12.8 Å². The highest BCUT2D eigenvalue weighted by atomic mass is 35.5. The van der Waals surface area contributed by atoms with Crippen LogP contribution in [0, 0.1) is 19.7 Å². The summed E-state index contributed by atoms with van der Waals surface area (Å²) in [4.78, 5) is -1.03. The van der Waals surface area contributed by atoms with Crippen LogP contribution in [-0.2, 0) is 16.2 Å². The molecule has 3 rings (SSSR count). The molecule has 0 amide bonds. The lowest BCUT2D eigenvalue weighted by Gasteiger charge is -2.25. The zero-order valence-electron chi connectivity index (χ0n) is 17.0. The number of tetrazole rings is 1. The molecule has 2 N–H and O–H groups in total. The Labute approximate surface area is 186 Å². The first-order valence-corrected chi connectivity index (χ1v) is 11.1. The number of halogens is 5. The van der Waals surface area contributed by atoms with Crippen molar-refractivity contribution in [2.24, 2.45) is 0 Å². The van der Waals surface area contributed by atoms with Crippen molar-refractivity contribution in [3.8, 4) is 0 Å². The molecule has 0 aliphatic rings. The molecule has 1 heterocycles. The Morgan fingerprint density at radius 1 is 1.16 bits per heavy atom. The first-order chi connectivity index (χ1) is 14.8. The van der Waals surface area contributed by atoms with Crippen LogP contribution in [0.25, 0.3) is 0 Å². The fourth-order valence-electron chi connectivity index (χ4n) is 3.40. The molecule has 2 aromatic carbocycles. The first-order valence-electron chi connectivity index (χ1n) is 9.21. The molecule has 0 fully saturated rings. The summed E-state index contributed by atoms with van der Waals surface area (Å²) in [7, 11) is -4.78. The molecule has 2 atom stereocenters. The van der Waals surface area contributed by atoms with E-state index in [9.17, 15) is 26.0 Å². The molecule has 0 spiro atoms. The van der Waals surface area contributed by atoms with Gasteiger partial charge in [-0.1, -0.05) is 29.8 Å². The van der Waals surface area contributed by atoms with Crippen LogP contribution in [0.1, 0.15) is 47.0 Å². The van der Waals surface area contributed by atoms with Crippen LogP contribution in [0.2, 0.25) is 5.02 Å². The van der Waals surface area contributed by atoms with Crippen LogP contribution in [0.3, 0.4) is 0 Å². The van der Waals surface area contributed by atoms with Gasteiger partial charge in [0.2, 0.25) is 10.0 Å². The zero-order chi connectivity index (χ0) is 23.8. The van der Waals surface area contributed by atoms with Crippen molar-refractivity contribution >= 4 is 21.6 Å². The second kappa shape index (κ2) is 8.75. The highest BCUT2D eigenvalue weighted by Gasteiger charge is 2.39. The van der Waals surface area contributed by atoms with Crippen LogP contribution in [0.15, 0.2) is 35.2 Å². The molecule has 0 saturated carbocycles. The van der Waals surface area contributed by atoms with Crippen LogP contribution < -0.4 is 4.72 Å². The fourth-order valence-corrected chi connectivity index (χ4v) is 5.05. The van der Waals surface area contributed by atoms with Gasteiger partial charge < -0.3 is 0 Å². The number of nitrogens with one attached hydrogen (secondary N) is 2. The predicted octanol–water partition coefficient (Wildman–Crippen LogP) is 4.45. The molecule has 0 unspecified atom stereocenters. The van der Waals surface area contributed by atoms with Crippen molar-refractivity contribution in [1.82, 2.24) is 25.3 Å². The van der Waals surface area contributed by atoms with Crippen molar-refractivity contribution in [3.05, 3.63) is 69.2 Å². The van der Waals surface area contributed by atoms with Crippen molar-refractivity contribution in [3.63, 3.8) is 0 Å². The first kappa shape index (κ1) is 24.1. The third-order valence-corrected chi connectivity index (χ3v) is 6.88. The number of benzene rings is 2. The Morgan fingerprint density at radius 2 is 1.84 bits per heavy atom. The average Bonchev–Trinajstić information content (AvgIpc) is 3.23. The number of hydrogen-bond donors (Lipinski definition) is 2. The van der Waals surface area contributed by atoms with Gasteiger partial charge in [-0.3, -0.25) is 0 Å². The lowest BCUT2D eigenvalue weighted by Crippen LogP contribution is -2.34. The highest BCUT2D eigenvalue weighted by Crippen LogP contribution is 2.38. The molecule has 0 aliphatic carbocycles. The number of rotatable bonds is 6. The van der Waals surface area contributed by atoms with Crippen molar-refractivity contribution in [2.45, 2.75) is 43.8 Å². The maximum Gasteiger partial charge on any atom is 0.417 e. The largest absolute Gasteiger partial charge is 0.417 e. The number of aryl methyl sites for hydroxylation is 1. The molecule has 32 heavy (non-hydrogen) atoms. The normalized spacial score (nSPS) is 14.4. The monoisotopic (exact) mass is 491 g/mol. The third-order valence-electron chi connectivity index (χ3n) is 5.15. The Hall–Kier alpha value is -2.57. The van der Waals surface area contributed by atoms with Gasteiger partial charge >= 0.3 is 6.18 Å². The molecular weight excluding hydrogens is 474 g/mol. The van der Waals surface area contributed by atoms with Gasteiger partial charge in [0.1, 0.15) is 5.82 Å². The van der Waals surface area contributed by atoms with Gasteiger partial charge in [-0.15, -0.1) is 10.2 Å². The second-order valence-corrected chi connectivity index (χ2v) is 9.32. The van der Waals surface area contributed by atoms with Gasteiger partial charge in [0, 0.05) is 10.9 Å². The number of alkyl halides is 3. The summed E-state index contributed by atoms with van der Waals surface area (Å²) in [5, 5.41) is 12.8. The number of aromatic nitrogens is 4. The van der Waals surface area contributed by atoms with Crippen molar-refractivity contribution < 1.29 is 26.0 Å². The summed E-state index contributed by atoms with van der Waals surface area (Å²) >= 11 is 5.65. The highest BCUT2D eigenvalue weighted by molar-refractivity contribution is 7.89. The number of hydrogen-bond acceptors (Lipinski definition) is 5. The Balaban J connectivity index is 2.12. The predicted molar refractivity (Wildman–Crippen MR) is 108 cm³/mol. The van der Waals surface area contributed by atoms with Gasteiger partial charge in [0.15, 0.2) is 5.82 Å². The van der Waals surface area contributed by atoms with E-state index in [4.69, 9.17) is 11.6 Å². The Kier molecular flexibility index (Phi) is 6.59. The smallest absolute Gasteiger partial charge is 0.207 e. The number of H-pyrrole nitrogens is 1. The molecule has 0 aliphatic heterocycles. The van der Waals surface area contributed by atoms with Gasteiger partial charge in [-0.05, 0) is 54.8 Å². The van der Waals surface area contributed by atoms with E-state index >= 15 is 0 Å². The van der Waals surface area contributed by atoms with E-state index in [2.05, 4.69) is 25.3 Å². The summed E-state index contributed by atoms with van der Waals surface area (Å²) < 4.78 is 83.5. The van der Waals surface area contributed by atoms with E-state index in [0.29, 0.717) is 11.6 Å². The topological polar surface area (TPSA) is 101 Å². The van der Waals surface area contributed by atoms with E-state index in [0.717, 1.165) is 17.7 Å². The van der Waals surface area contributed by atoms with Crippen LogP contribution >= 0.6 is 11.6 Å². The molecule has 7 nitrogen and oxygen atoms in total. The Morgan fingerprint density at radius 3 is 2.44 bits per heavy atom. The number of sulfonamides is 1. The minimum atomic E-state index is -4.98. The number of aromatic amines is 1. The number of nitrogens with zero attached hydrogens (tertiary/aromatic N) is 3. The van der Waals surface area contributed by atoms with Gasteiger partial charge in [0.05, 0.1) is 16.5 Å². The summed E-state index contributed by atoms with van der Waals surface area (Å²) in [5.74, 6) is -1.66. The summed E-state index contributed by atoms with van der Waals surface area (Å²) in [6, 6.07) is 3.78. The van der Waals surface area contributed by atoms with Crippen LogP contribution in [0.5, 0.6) is 0 Å². The van der Waals surface area contributed by atoms with Crippen molar-refractivity contribution in [2.75, 3.05) is 0 Å². The lowest BCUT2D eigenvalue weighted by molar-refractivity contribution is -0.139. The van der Waals surface area contributed by atoms with E-state index < -0.39 is 44.4 Å². The van der Waals surface area contributed by atoms with Gasteiger partial charge in [0.25, 0.3) is 0 Å². The maximum absolute atomic E-state index is 14.7. The Bertz CT molecular complexity index is 1230. The maximum atomic E-state index is 14.7. The minimum absolute atomic E-state index is 0.163. The van der Waals surface area contributed by atoms with E-state index in [1.807, 2.05) is 0 Å². The van der Waals surface area contributed by atoms with Gasteiger partial charge in [-0.2, -0.15) is 23.1 Å². The summed E-state index contributed by atoms with van der Waals surface area (Å²) in [6.45, 7) is 4.93. The lowest BCUT2D eigenvalue weighted by atomic mass is 9.88. The standard InChI is InChI=1S/C19H18ClF4N5O2S/c1-9-4-6-14(21)16(10(9)2)11(3)17(18-25-28-29-26-18)27-32(30,31)15-7-5-12(20)8-13(15)19(22,23)24/h4-8,11,17,27H,1-3H3,(H,25,26,28,29)/t11-,17+/m1/s1. The quantitative estimate of drug-likeness (QED) is 0.496. The van der Waals surface area contributed by atoms with Crippen LogP contribution in [0.4, 0.5) is 17.6 Å². The average molecular weight is 492 g/mol. The van der Waals surface area contributed by atoms with E-state index in [1.165, 1.54) is 13.0 Å². The minimum Gasteiger partial charge on any atom is -0.207 e. The van der Waals surface area contributed by atoms with E-state index in [-0.39, 0.29) is 16.4 Å². The molecule has 172 valence electrons. The fraction of sp³-hybridized carbons (Fsp3) is 0.316. The molecule has 0 radical (unpaired) electrons. The SMILES string of the molecule is Cc1ccc(F)c([C@@H](C)[C@H](NS(=O)(=O)c2ccc(Cl)cc2C(F)(F)F)c2nn[nH]n2)c1C. The summed E-state index contributed by atoms with van der Waals surface area (Å²) in [5.41, 5.74) is 0.0530. The molecule has 0 bridgehead atoms. The molecule has 1 aromatic heterocycles. The zero-order valence-corrected chi connectivity index (χ0v) is 18.6. The second-order valence-electron chi connectivity index (χ2n) is 7.20. The molecule has 3 aromatic rings. The van der Waals surface area contributed by atoms with E-state index in [1.54, 1.807) is 19.9 Å².